The van der Waals surface area contributed by atoms with Crippen LogP contribution in [0.1, 0.15) is 156 Å². The molecule has 0 amide bonds. The van der Waals surface area contributed by atoms with Crippen molar-refractivity contribution in [3.05, 3.63) is 12.3 Å². The number of nitrogens with zero attached hydrogens (tertiary/aromatic N) is 3. The van der Waals surface area contributed by atoms with Gasteiger partial charge in [-0.05, 0) is 38.4 Å². The molecule has 0 saturated carbocycles. The highest BCUT2D eigenvalue weighted by molar-refractivity contribution is 8.76. The Hall–Kier alpha value is -0.450. The molecule has 0 aromatic carbocycles. The predicted molar refractivity (Wildman–Crippen MR) is 215 cm³/mol. The van der Waals surface area contributed by atoms with Crippen LogP contribution in [0.4, 0.5) is 0 Å². The van der Waals surface area contributed by atoms with Crippen LogP contribution >= 0.6 is 21.6 Å². The van der Waals surface area contributed by atoms with Gasteiger partial charge in [0.05, 0.1) is 12.2 Å². The molecule has 0 spiro atoms. The molecular formula is C40H79N3O4S2. The van der Waals surface area contributed by atoms with E-state index in [1.54, 1.807) is 0 Å². The third kappa shape index (κ3) is 29.8. The molecule has 9 heteroatoms. The Labute approximate surface area is 311 Å². The van der Waals surface area contributed by atoms with Gasteiger partial charge in [0.25, 0.3) is 0 Å². The normalized spacial score (nSPS) is 15.4. The molecule has 1 aliphatic heterocycles. The van der Waals surface area contributed by atoms with Gasteiger partial charge in [0.15, 0.2) is 0 Å². The Morgan fingerprint density at radius 3 is 1.80 bits per heavy atom. The summed E-state index contributed by atoms with van der Waals surface area (Å²) in [6, 6.07) is 0. The summed E-state index contributed by atoms with van der Waals surface area (Å²) >= 11 is 0. The van der Waals surface area contributed by atoms with E-state index in [9.17, 15) is 15.0 Å². The Kier molecular flexibility index (Phi) is 32.9. The third-order valence-corrected chi connectivity index (χ3v) is 12.0. The Balaban J connectivity index is 2.32. The fraction of sp³-hybridized carbons (Fsp3) is 0.925. The van der Waals surface area contributed by atoms with Crippen molar-refractivity contribution in [2.75, 3.05) is 70.5 Å². The molecule has 0 aromatic rings. The molecule has 0 bridgehead atoms. The first kappa shape index (κ1) is 46.6. The minimum Gasteiger partial charge on any atom is -0.464 e. The van der Waals surface area contributed by atoms with E-state index in [0.717, 1.165) is 64.8 Å². The second-order valence-corrected chi connectivity index (χ2v) is 17.1. The van der Waals surface area contributed by atoms with Crippen molar-refractivity contribution >= 4 is 27.6 Å². The molecule has 1 aliphatic rings. The van der Waals surface area contributed by atoms with Crippen molar-refractivity contribution in [1.82, 2.24) is 14.7 Å². The number of hydrogen-bond donors (Lipinski definition) is 2. The van der Waals surface area contributed by atoms with E-state index >= 15 is 0 Å². The van der Waals surface area contributed by atoms with Gasteiger partial charge in [0, 0.05) is 63.7 Å². The molecule has 1 saturated heterocycles. The van der Waals surface area contributed by atoms with Crippen molar-refractivity contribution < 1.29 is 19.7 Å². The molecule has 0 radical (unpaired) electrons. The number of allylic oxidation sites excluding steroid dienone is 1. The smallest absolute Gasteiger partial charge is 0.305 e. The summed E-state index contributed by atoms with van der Waals surface area (Å²) in [4.78, 5) is 19.5. The molecule has 0 aliphatic carbocycles. The molecule has 0 aromatic heterocycles. The highest BCUT2D eigenvalue weighted by Crippen LogP contribution is 2.21. The first-order valence-corrected chi connectivity index (χ1v) is 23.1. The third-order valence-electron chi connectivity index (χ3n) is 9.54. The molecule has 49 heavy (non-hydrogen) atoms. The monoisotopic (exact) mass is 730 g/mol. The highest BCUT2D eigenvalue weighted by Gasteiger charge is 2.18. The summed E-state index contributed by atoms with van der Waals surface area (Å²) in [6.45, 7) is 13.8. The maximum Gasteiger partial charge on any atom is 0.305 e. The summed E-state index contributed by atoms with van der Waals surface area (Å²) in [5, 5.41) is 21.7. The first-order valence-electron chi connectivity index (χ1n) is 20.6. The highest BCUT2D eigenvalue weighted by atomic mass is 33.1. The lowest BCUT2D eigenvalue weighted by atomic mass is 10.0. The largest absolute Gasteiger partial charge is 0.464 e. The number of carbonyl (C=O) groups excluding carboxylic acids is 1. The van der Waals surface area contributed by atoms with Crippen LogP contribution in [-0.4, -0.2) is 114 Å². The maximum atomic E-state index is 12.6. The lowest BCUT2D eigenvalue weighted by molar-refractivity contribution is -0.144. The van der Waals surface area contributed by atoms with E-state index in [2.05, 4.69) is 47.7 Å². The van der Waals surface area contributed by atoms with Crippen molar-refractivity contribution in [3.63, 3.8) is 0 Å². The SMILES string of the molecule is CCCCCCCCCCC(O)CN(CCCC(=O)OCCN1CCN(/C=C/CCSSCC)CC1)CC(O)CCCCCCCCCC. The van der Waals surface area contributed by atoms with Crippen LogP contribution < -0.4 is 0 Å². The zero-order valence-corrected chi connectivity index (χ0v) is 33.9. The van der Waals surface area contributed by atoms with E-state index in [1.165, 1.54) is 101 Å². The van der Waals surface area contributed by atoms with E-state index in [0.29, 0.717) is 39.1 Å². The number of carbonyl (C=O) groups is 1. The predicted octanol–water partition coefficient (Wildman–Crippen LogP) is 9.32. The van der Waals surface area contributed by atoms with Crippen molar-refractivity contribution in [1.29, 1.82) is 0 Å². The number of esters is 1. The van der Waals surface area contributed by atoms with Crippen molar-refractivity contribution in [2.24, 2.45) is 0 Å². The molecule has 290 valence electrons. The van der Waals surface area contributed by atoms with E-state index in [4.69, 9.17) is 4.74 Å². The fourth-order valence-corrected chi connectivity index (χ4v) is 8.15. The Morgan fingerprint density at radius 2 is 1.27 bits per heavy atom. The molecular weight excluding hydrogens is 651 g/mol. The van der Waals surface area contributed by atoms with Crippen LogP contribution in [-0.2, 0) is 9.53 Å². The summed E-state index contributed by atoms with van der Waals surface area (Å²) in [5.41, 5.74) is 0. The van der Waals surface area contributed by atoms with Crippen LogP contribution in [0.15, 0.2) is 12.3 Å². The van der Waals surface area contributed by atoms with Gasteiger partial charge in [-0.2, -0.15) is 0 Å². The lowest BCUT2D eigenvalue weighted by Crippen LogP contribution is -2.45. The molecule has 1 rings (SSSR count). The Morgan fingerprint density at radius 1 is 0.735 bits per heavy atom. The zero-order chi connectivity index (χ0) is 35.6. The van der Waals surface area contributed by atoms with Gasteiger partial charge in [-0.25, -0.2) is 0 Å². The van der Waals surface area contributed by atoms with Gasteiger partial charge >= 0.3 is 5.97 Å². The van der Waals surface area contributed by atoms with Crippen LogP contribution in [0.5, 0.6) is 0 Å². The van der Waals surface area contributed by atoms with Crippen molar-refractivity contribution in [2.45, 2.75) is 168 Å². The minimum absolute atomic E-state index is 0.139. The Bertz CT molecular complexity index is 727. The van der Waals surface area contributed by atoms with Crippen molar-refractivity contribution in [3.8, 4) is 0 Å². The number of aliphatic hydroxyl groups is 2. The lowest BCUT2D eigenvalue weighted by Gasteiger charge is -2.33. The summed E-state index contributed by atoms with van der Waals surface area (Å²) in [6.07, 6.45) is 27.8. The molecule has 1 heterocycles. The maximum absolute atomic E-state index is 12.6. The summed E-state index contributed by atoms with van der Waals surface area (Å²) < 4.78 is 5.61. The average molecular weight is 730 g/mol. The van der Waals surface area contributed by atoms with Crippen LogP contribution in [0.25, 0.3) is 0 Å². The number of ether oxygens (including phenoxy) is 1. The molecule has 2 atom stereocenters. The molecule has 2 N–H and O–H groups in total. The van der Waals surface area contributed by atoms with E-state index in [1.807, 2.05) is 21.6 Å². The number of unbranched alkanes of at least 4 members (excludes halogenated alkanes) is 14. The van der Waals surface area contributed by atoms with E-state index < -0.39 is 0 Å². The van der Waals surface area contributed by atoms with Crippen LogP contribution in [0.3, 0.4) is 0 Å². The minimum atomic E-state index is -0.387. The van der Waals surface area contributed by atoms with Gasteiger partial charge in [-0.3, -0.25) is 14.6 Å². The fourth-order valence-electron chi connectivity index (χ4n) is 6.49. The van der Waals surface area contributed by atoms with Gasteiger partial charge in [-0.15, -0.1) is 0 Å². The van der Waals surface area contributed by atoms with Crippen LogP contribution in [0, 0.1) is 0 Å². The number of piperazine rings is 1. The van der Waals surface area contributed by atoms with Gasteiger partial charge < -0.3 is 19.8 Å². The van der Waals surface area contributed by atoms with Crippen LogP contribution in [0.2, 0.25) is 0 Å². The number of hydrogen-bond acceptors (Lipinski definition) is 9. The standard InChI is InChI=1S/C40H79N3O4S2/c1-4-7-9-11-13-15-17-19-24-38(44)36-43(37-39(45)25-20-18-16-14-12-10-8-5-2)28-23-26-40(46)47-34-33-42-31-29-41(30-32-42)27-21-22-35-49-48-6-3/h21,27,38-39,44-45H,4-20,22-26,28-37H2,1-3H3/b27-21+. The number of rotatable bonds is 35. The topological polar surface area (TPSA) is 76.5 Å². The molecule has 1 fully saturated rings. The number of aliphatic hydroxyl groups excluding tert-OH is 2. The summed E-state index contributed by atoms with van der Waals surface area (Å²) in [5.74, 6) is 2.19. The van der Waals surface area contributed by atoms with Gasteiger partial charge in [0.1, 0.15) is 6.61 Å². The second-order valence-electron chi connectivity index (χ2n) is 14.2. The van der Waals surface area contributed by atoms with Gasteiger partial charge in [-0.1, -0.05) is 151 Å². The average Bonchev–Trinajstić information content (AvgIpc) is 3.09. The van der Waals surface area contributed by atoms with E-state index in [-0.39, 0.29) is 18.2 Å². The molecule has 7 nitrogen and oxygen atoms in total. The molecule has 2 unspecified atom stereocenters. The zero-order valence-electron chi connectivity index (χ0n) is 32.3. The first-order chi connectivity index (χ1) is 24.0. The quantitative estimate of drug-likeness (QED) is 0.0377. The van der Waals surface area contributed by atoms with Gasteiger partial charge in [0.2, 0.25) is 0 Å². The second kappa shape index (κ2) is 34.6. The summed E-state index contributed by atoms with van der Waals surface area (Å²) in [7, 11) is 3.88.